The molecule has 1 aliphatic heterocycles. The Morgan fingerprint density at radius 2 is 2.00 bits per heavy atom. The highest BCUT2D eigenvalue weighted by Crippen LogP contribution is 2.27. The second-order valence-corrected chi connectivity index (χ2v) is 9.67. The van der Waals surface area contributed by atoms with Gasteiger partial charge in [0.1, 0.15) is 12.3 Å². The van der Waals surface area contributed by atoms with Crippen LogP contribution >= 0.6 is 0 Å². The van der Waals surface area contributed by atoms with Gasteiger partial charge in [-0.15, -0.1) is 0 Å². The van der Waals surface area contributed by atoms with Crippen LogP contribution in [0.3, 0.4) is 0 Å². The maximum atomic E-state index is 13.7. The Hall–Kier alpha value is -2.87. The highest BCUT2D eigenvalue weighted by atomic mass is 16.5. The maximum absolute atomic E-state index is 13.7. The minimum absolute atomic E-state index is 0.0110. The van der Waals surface area contributed by atoms with Gasteiger partial charge in [0.05, 0.1) is 18.5 Å². The molecule has 0 bridgehead atoms. The van der Waals surface area contributed by atoms with Gasteiger partial charge in [-0.25, -0.2) is 4.98 Å². The minimum Gasteiger partial charge on any atom is -0.497 e. The van der Waals surface area contributed by atoms with Gasteiger partial charge in [0.2, 0.25) is 5.91 Å². The van der Waals surface area contributed by atoms with Crippen LogP contribution in [0.1, 0.15) is 38.8 Å². The van der Waals surface area contributed by atoms with Gasteiger partial charge in [0.15, 0.2) is 5.82 Å². The molecule has 8 heteroatoms. The van der Waals surface area contributed by atoms with Crippen LogP contribution in [-0.4, -0.2) is 67.2 Å². The lowest BCUT2D eigenvalue weighted by atomic mass is 9.94. The topological polar surface area (TPSA) is 79.7 Å². The summed E-state index contributed by atoms with van der Waals surface area (Å²) in [5, 5.41) is 2.90. The number of nitrogens with zero attached hydrogens (tertiary/aromatic N) is 4. The zero-order valence-corrected chi connectivity index (χ0v) is 21.4. The van der Waals surface area contributed by atoms with Crippen molar-refractivity contribution in [1.29, 1.82) is 0 Å². The first-order valence-corrected chi connectivity index (χ1v) is 12.1. The molecule has 2 heterocycles. The number of methoxy groups -OCH3 is 1. The number of amides is 1. The van der Waals surface area contributed by atoms with Gasteiger partial charge in [-0.3, -0.25) is 14.2 Å². The van der Waals surface area contributed by atoms with Gasteiger partial charge in [0.25, 0.3) is 5.56 Å². The molecule has 0 aliphatic carbocycles. The van der Waals surface area contributed by atoms with Crippen molar-refractivity contribution in [2.24, 2.45) is 5.92 Å². The van der Waals surface area contributed by atoms with Crippen LogP contribution < -0.4 is 20.5 Å². The van der Waals surface area contributed by atoms with Gasteiger partial charge in [-0.05, 0) is 78.2 Å². The summed E-state index contributed by atoms with van der Waals surface area (Å²) in [6.07, 6.45) is 3.40. The molecule has 0 radical (unpaired) electrons. The molecular weight excluding hydrogens is 430 g/mol. The second-order valence-electron chi connectivity index (χ2n) is 9.67. The van der Waals surface area contributed by atoms with Gasteiger partial charge < -0.3 is 19.9 Å². The van der Waals surface area contributed by atoms with E-state index in [1.54, 1.807) is 11.7 Å². The zero-order chi connectivity index (χ0) is 24.8. The number of ether oxygens (including phenoxy) is 1. The molecule has 1 aromatic heterocycles. The fourth-order valence-electron chi connectivity index (χ4n) is 4.56. The molecule has 0 unspecified atom stereocenters. The number of anilines is 1. The van der Waals surface area contributed by atoms with Crippen molar-refractivity contribution < 1.29 is 9.53 Å². The predicted molar refractivity (Wildman–Crippen MR) is 137 cm³/mol. The molecule has 8 nitrogen and oxygen atoms in total. The van der Waals surface area contributed by atoms with E-state index in [0.29, 0.717) is 28.9 Å². The SMILES string of the molecule is COc1cccc(-c2c(C)nc(N(C)CCC3CCN(C)CC3)c(=O)n2CC(=O)NC(C)C)c1. The fourth-order valence-corrected chi connectivity index (χ4v) is 4.56. The second kappa shape index (κ2) is 11.5. The molecule has 1 aromatic carbocycles. The zero-order valence-electron chi connectivity index (χ0n) is 21.4. The van der Waals surface area contributed by atoms with E-state index in [1.807, 2.05) is 57.0 Å². The number of carbonyl (C=O) groups is 1. The molecule has 186 valence electrons. The first kappa shape index (κ1) is 25.7. The Bertz CT molecular complexity index is 1040. The molecule has 0 atom stereocenters. The van der Waals surface area contributed by atoms with E-state index in [2.05, 4.69) is 17.3 Å². The number of hydrogen-bond donors (Lipinski definition) is 1. The number of piperidine rings is 1. The Kier molecular flexibility index (Phi) is 8.72. The number of benzene rings is 1. The molecule has 3 rings (SSSR count). The van der Waals surface area contributed by atoms with Crippen LogP contribution in [0.4, 0.5) is 5.82 Å². The molecule has 1 fully saturated rings. The molecule has 2 aromatic rings. The van der Waals surface area contributed by atoms with Crippen molar-refractivity contribution in [2.45, 2.75) is 52.6 Å². The van der Waals surface area contributed by atoms with E-state index in [1.165, 1.54) is 12.8 Å². The van der Waals surface area contributed by atoms with Crippen molar-refractivity contribution in [3.8, 4) is 17.0 Å². The minimum atomic E-state index is -0.256. The van der Waals surface area contributed by atoms with Gasteiger partial charge >= 0.3 is 0 Å². The van der Waals surface area contributed by atoms with Gasteiger partial charge in [-0.1, -0.05) is 12.1 Å². The van der Waals surface area contributed by atoms with Crippen molar-refractivity contribution in [3.05, 3.63) is 40.3 Å². The number of aromatic nitrogens is 2. The Balaban J connectivity index is 1.95. The highest BCUT2D eigenvalue weighted by Gasteiger charge is 2.22. The van der Waals surface area contributed by atoms with E-state index < -0.39 is 0 Å². The fraction of sp³-hybridized carbons (Fsp3) is 0.577. The number of nitrogens with one attached hydrogen (secondary N) is 1. The largest absolute Gasteiger partial charge is 0.497 e. The smallest absolute Gasteiger partial charge is 0.294 e. The normalized spacial score (nSPS) is 14.9. The lowest BCUT2D eigenvalue weighted by Gasteiger charge is -2.30. The number of aryl methyl sites for hydroxylation is 1. The molecule has 0 saturated carbocycles. The average Bonchev–Trinajstić information content (AvgIpc) is 2.80. The van der Waals surface area contributed by atoms with Crippen molar-refractivity contribution in [1.82, 2.24) is 19.8 Å². The van der Waals surface area contributed by atoms with Crippen LogP contribution in [0.5, 0.6) is 5.75 Å². The van der Waals surface area contributed by atoms with E-state index >= 15 is 0 Å². The summed E-state index contributed by atoms with van der Waals surface area (Å²) < 4.78 is 6.93. The molecule has 1 N–H and O–H groups in total. The van der Waals surface area contributed by atoms with Crippen molar-refractivity contribution in [2.75, 3.05) is 45.7 Å². The number of hydrogen-bond acceptors (Lipinski definition) is 6. The number of likely N-dealkylation sites (tertiary alicyclic amines) is 1. The summed E-state index contributed by atoms with van der Waals surface area (Å²) >= 11 is 0. The molecular formula is C26H39N5O3. The quantitative estimate of drug-likeness (QED) is 0.608. The Labute approximate surface area is 202 Å². The first-order chi connectivity index (χ1) is 16.2. The van der Waals surface area contributed by atoms with Crippen LogP contribution in [0.15, 0.2) is 29.1 Å². The van der Waals surface area contributed by atoms with Crippen molar-refractivity contribution in [3.63, 3.8) is 0 Å². The summed E-state index contributed by atoms with van der Waals surface area (Å²) in [6.45, 7) is 8.64. The first-order valence-electron chi connectivity index (χ1n) is 12.1. The van der Waals surface area contributed by atoms with E-state index in [-0.39, 0.29) is 24.1 Å². The third-order valence-corrected chi connectivity index (χ3v) is 6.49. The summed E-state index contributed by atoms with van der Waals surface area (Å²) in [5.41, 5.74) is 1.87. The standard InChI is InChI=1S/C26H39N5O3/c1-18(2)27-23(32)17-31-24(21-8-7-9-22(16-21)34-6)19(3)28-25(26(31)33)30(5)15-12-20-10-13-29(4)14-11-20/h7-9,16,18,20H,10-15,17H2,1-6H3,(H,27,32). The lowest BCUT2D eigenvalue weighted by Crippen LogP contribution is -2.39. The summed E-state index contributed by atoms with van der Waals surface area (Å²) in [4.78, 5) is 35.4. The summed E-state index contributed by atoms with van der Waals surface area (Å²) in [5.74, 6) is 1.53. The Morgan fingerprint density at radius 1 is 1.29 bits per heavy atom. The van der Waals surface area contributed by atoms with Crippen molar-refractivity contribution >= 4 is 11.7 Å². The summed E-state index contributed by atoms with van der Waals surface area (Å²) in [6, 6.07) is 7.49. The third-order valence-electron chi connectivity index (χ3n) is 6.49. The average molecular weight is 470 g/mol. The molecule has 34 heavy (non-hydrogen) atoms. The number of carbonyl (C=O) groups excluding carboxylic acids is 1. The predicted octanol–water partition coefficient (Wildman–Crippen LogP) is 2.92. The highest BCUT2D eigenvalue weighted by molar-refractivity contribution is 5.77. The molecule has 1 aliphatic rings. The monoisotopic (exact) mass is 469 g/mol. The van der Waals surface area contributed by atoms with E-state index in [4.69, 9.17) is 9.72 Å². The van der Waals surface area contributed by atoms with E-state index in [9.17, 15) is 9.59 Å². The van der Waals surface area contributed by atoms with Crippen LogP contribution in [0, 0.1) is 12.8 Å². The molecule has 0 spiro atoms. The van der Waals surface area contributed by atoms with Gasteiger partial charge in [0, 0.05) is 25.2 Å². The molecule has 1 saturated heterocycles. The van der Waals surface area contributed by atoms with Crippen LogP contribution in [-0.2, 0) is 11.3 Å². The molecule has 1 amide bonds. The third kappa shape index (κ3) is 6.38. The van der Waals surface area contributed by atoms with E-state index in [0.717, 1.165) is 31.6 Å². The maximum Gasteiger partial charge on any atom is 0.294 e. The van der Waals surface area contributed by atoms with Crippen LogP contribution in [0.2, 0.25) is 0 Å². The van der Waals surface area contributed by atoms with Gasteiger partial charge in [-0.2, -0.15) is 0 Å². The number of rotatable bonds is 9. The summed E-state index contributed by atoms with van der Waals surface area (Å²) in [7, 11) is 5.69. The lowest BCUT2D eigenvalue weighted by molar-refractivity contribution is -0.122. The Morgan fingerprint density at radius 3 is 2.65 bits per heavy atom. The van der Waals surface area contributed by atoms with Crippen LogP contribution in [0.25, 0.3) is 11.3 Å².